The number of aryl methyl sites for hydroxylation is 1. The molecule has 0 saturated heterocycles. The Kier molecular flexibility index (Phi) is 3.75. The first-order chi connectivity index (χ1) is 11.6. The number of hydrogen-bond donors (Lipinski definition) is 1. The second kappa shape index (κ2) is 5.81. The van der Waals surface area contributed by atoms with E-state index in [2.05, 4.69) is 4.85 Å². The van der Waals surface area contributed by atoms with E-state index < -0.39 is 11.5 Å². The Labute approximate surface area is 146 Å². The number of hydrogen-bond acceptors (Lipinski definition) is 2. The summed E-state index contributed by atoms with van der Waals surface area (Å²) in [6, 6.07) is 11.4. The Balaban J connectivity index is 1.78. The van der Waals surface area contributed by atoms with Crippen molar-refractivity contribution >= 4 is 17.3 Å². The number of fused-ring (bicyclic) bond motifs is 3. The fourth-order valence-corrected chi connectivity index (χ4v) is 4.32. The van der Waals surface area contributed by atoms with Crippen LogP contribution in [0.3, 0.4) is 0 Å². The van der Waals surface area contributed by atoms with Crippen LogP contribution in [0.1, 0.15) is 29.5 Å². The number of nitrogens with zero attached hydrogens (tertiary/aromatic N) is 1. The fourth-order valence-electron chi connectivity index (χ4n) is 4.12. The Bertz CT molecular complexity index is 842. The van der Waals surface area contributed by atoms with Gasteiger partial charge in [0.2, 0.25) is 0 Å². The number of halogens is 1. The molecule has 0 amide bonds. The topological polar surface area (TPSA) is 33.8 Å². The molecule has 2 aromatic carbocycles. The highest BCUT2D eigenvalue weighted by Gasteiger charge is 2.45. The van der Waals surface area contributed by atoms with Crippen LogP contribution in [0.2, 0.25) is 5.02 Å². The zero-order chi connectivity index (χ0) is 16.7. The van der Waals surface area contributed by atoms with Crippen LogP contribution >= 0.6 is 11.6 Å². The van der Waals surface area contributed by atoms with Gasteiger partial charge in [-0.3, -0.25) is 0 Å². The number of rotatable bonds is 0. The monoisotopic (exact) mass is 339 g/mol. The molecule has 2 aromatic rings. The zero-order valence-corrected chi connectivity index (χ0v) is 14.0. The Morgan fingerprint density at radius 3 is 2.92 bits per heavy atom. The van der Waals surface area contributed by atoms with Crippen molar-refractivity contribution in [3.8, 4) is 5.75 Å². The van der Waals surface area contributed by atoms with Gasteiger partial charge in [0.15, 0.2) is 5.69 Å². The van der Waals surface area contributed by atoms with E-state index >= 15 is 0 Å². The second-order valence-electron chi connectivity index (χ2n) is 6.72. The highest BCUT2D eigenvalue weighted by Crippen LogP contribution is 2.45. The van der Waals surface area contributed by atoms with E-state index in [1.807, 2.05) is 30.3 Å². The van der Waals surface area contributed by atoms with Crippen molar-refractivity contribution in [2.45, 2.75) is 37.2 Å². The van der Waals surface area contributed by atoms with Gasteiger partial charge in [0.05, 0.1) is 18.1 Å². The SMILES string of the molecule is [C-]#[N+]c1ccc2c(c1)CC(O)[C@@]1(CCCc3cc(Cl)ccc31)CO2. The van der Waals surface area contributed by atoms with Gasteiger partial charge in [-0.15, -0.1) is 0 Å². The smallest absolute Gasteiger partial charge is 0.187 e. The molecule has 1 spiro atoms. The molecule has 1 N–H and O–H groups in total. The van der Waals surface area contributed by atoms with Crippen molar-refractivity contribution in [2.75, 3.05) is 6.61 Å². The van der Waals surface area contributed by atoms with E-state index in [-0.39, 0.29) is 0 Å². The lowest BCUT2D eigenvalue weighted by molar-refractivity contribution is 0.0437. The van der Waals surface area contributed by atoms with Crippen LogP contribution in [-0.4, -0.2) is 17.8 Å². The highest BCUT2D eigenvalue weighted by molar-refractivity contribution is 6.30. The van der Waals surface area contributed by atoms with Crippen molar-refractivity contribution < 1.29 is 9.84 Å². The predicted octanol–water partition coefficient (Wildman–Crippen LogP) is 4.46. The molecule has 122 valence electrons. The lowest BCUT2D eigenvalue weighted by Crippen LogP contribution is -2.47. The molecule has 2 atom stereocenters. The molecular formula is C20H18ClNO2. The number of aliphatic hydroxyl groups is 1. The molecule has 0 bridgehead atoms. The lowest BCUT2D eigenvalue weighted by atomic mass is 9.66. The van der Waals surface area contributed by atoms with Crippen LogP contribution in [0.15, 0.2) is 36.4 Å². The van der Waals surface area contributed by atoms with Gasteiger partial charge in [0.25, 0.3) is 0 Å². The van der Waals surface area contributed by atoms with Crippen LogP contribution in [-0.2, 0) is 18.3 Å². The average Bonchev–Trinajstić information content (AvgIpc) is 2.72. The average molecular weight is 340 g/mol. The maximum absolute atomic E-state index is 11.1. The van der Waals surface area contributed by atoms with E-state index in [1.165, 1.54) is 5.56 Å². The molecule has 0 aromatic heterocycles. The summed E-state index contributed by atoms with van der Waals surface area (Å²) >= 11 is 6.16. The van der Waals surface area contributed by atoms with Gasteiger partial charge in [-0.2, -0.15) is 0 Å². The van der Waals surface area contributed by atoms with E-state index in [1.54, 1.807) is 6.07 Å². The normalized spacial score (nSPS) is 25.1. The first kappa shape index (κ1) is 15.5. The summed E-state index contributed by atoms with van der Waals surface area (Å²) in [7, 11) is 0. The summed E-state index contributed by atoms with van der Waals surface area (Å²) in [5, 5.41) is 11.8. The van der Waals surface area contributed by atoms with E-state index in [4.69, 9.17) is 22.9 Å². The molecule has 0 radical (unpaired) electrons. The minimum Gasteiger partial charge on any atom is -0.492 e. The summed E-state index contributed by atoms with van der Waals surface area (Å²) in [5.41, 5.74) is 3.45. The zero-order valence-electron chi connectivity index (χ0n) is 13.3. The van der Waals surface area contributed by atoms with Gasteiger partial charge in [0, 0.05) is 11.4 Å². The van der Waals surface area contributed by atoms with Gasteiger partial charge in [-0.1, -0.05) is 23.7 Å². The molecule has 3 nitrogen and oxygen atoms in total. The predicted molar refractivity (Wildman–Crippen MR) is 94.0 cm³/mol. The van der Waals surface area contributed by atoms with Gasteiger partial charge in [-0.25, -0.2) is 4.85 Å². The third-order valence-corrected chi connectivity index (χ3v) is 5.62. The number of ether oxygens (including phenoxy) is 1. The minimum atomic E-state index is -0.542. The molecule has 4 rings (SSSR count). The molecule has 4 heteroatoms. The maximum atomic E-state index is 11.1. The maximum Gasteiger partial charge on any atom is 0.187 e. The third kappa shape index (κ3) is 2.38. The summed E-state index contributed by atoms with van der Waals surface area (Å²) in [4.78, 5) is 3.48. The molecular weight excluding hydrogens is 322 g/mol. The Morgan fingerprint density at radius 2 is 2.08 bits per heavy atom. The van der Waals surface area contributed by atoms with Gasteiger partial charge >= 0.3 is 0 Å². The van der Waals surface area contributed by atoms with Crippen molar-refractivity contribution in [1.82, 2.24) is 0 Å². The Hall–Kier alpha value is -2.02. The second-order valence-corrected chi connectivity index (χ2v) is 7.16. The molecule has 2 aliphatic rings. The van der Waals surface area contributed by atoms with Crippen molar-refractivity contribution in [1.29, 1.82) is 0 Å². The van der Waals surface area contributed by atoms with Crippen molar-refractivity contribution in [2.24, 2.45) is 0 Å². The summed E-state index contributed by atoms with van der Waals surface area (Å²) < 4.78 is 6.10. The van der Waals surface area contributed by atoms with Crippen LogP contribution in [0.5, 0.6) is 5.75 Å². The van der Waals surface area contributed by atoms with E-state index in [0.717, 1.165) is 41.2 Å². The van der Waals surface area contributed by atoms with Gasteiger partial charge in [-0.05, 0) is 60.2 Å². The molecule has 0 saturated carbocycles. The first-order valence-electron chi connectivity index (χ1n) is 8.22. The van der Waals surface area contributed by atoms with Crippen molar-refractivity contribution in [3.05, 3.63) is 69.5 Å². The molecule has 0 fully saturated rings. The molecule has 1 unspecified atom stereocenters. The van der Waals surface area contributed by atoms with Gasteiger partial charge in [0.1, 0.15) is 12.4 Å². The minimum absolute atomic E-state index is 0.407. The molecule has 1 heterocycles. The highest BCUT2D eigenvalue weighted by atomic mass is 35.5. The van der Waals surface area contributed by atoms with E-state index in [9.17, 15) is 5.11 Å². The number of benzene rings is 2. The lowest BCUT2D eigenvalue weighted by Gasteiger charge is -2.41. The summed E-state index contributed by atoms with van der Waals surface area (Å²) in [6.45, 7) is 7.63. The summed E-state index contributed by atoms with van der Waals surface area (Å²) in [5.74, 6) is 0.777. The van der Waals surface area contributed by atoms with Crippen LogP contribution in [0.25, 0.3) is 4.85 Å². The van der Waals surface area contributed by atoms with Crippen LogP contribution < -0.4 is 4.74 Å². The largest absolute Gasteiger partial charge is 0.492 e. The Morgan fingerprint density at radius 1 is 1.21 bits per heavy atom. The van der Waals surface area contributed by atoms with Crippen LogP contribution in [0.4, 0.5) is 5.69 Å². The van der Waals surface area contributed by atoms with Crippen LogP contribution in [0, 0.1) is 6.57 Å². The van der Waals surface area contributed by atoms with Gasteiger partial charge < -0.3 is 9.84 Å². The molecule has 24 heavy (non-hydrogen) atoms. The summed E-state index contributed by atoms with van der Waals surface area (Å²) in [6.07, 6.45) is 2.85. The molecule has 1 aliphatic heterocycles. The standard InChI is InChI=1S/C20H18ClNO2/c1-22-16-5-7-18-14(10-16)11-19(23)20(12-24-18)8-2-3-13-9-15(21)4-6-17(13)20/h4-7,9-10,19,23H,2-3,8,11-12H2/t19?,20-/m0/s1. The van der Waals surface area contributed by atoms with Crippen molar-refractivity contribution in [3.63, 3.8) is 0 Å². The van der Waals surface area contributed by atoms with E-state index in [0.29, 0.717) is 18.7 Å². The quantitative estimate of drug-likeness (QED) is 0.719. The first-order valence-corrected chi connectivity index (χ1v) is 8.60. The fraction of sp³-hybridized carbons (Fsp3) is 0.350. The molecule has 1 aliphatic carbocycles. The third-order valence-electron chi connectivity index (χ3n) is 5.38. The number of aliphatic hydroxyl groups excluding tert-OH is 1.